The molecule has 38 heteroatoms. The smallest absolute Gasteiger partial charge is 0.550 e. The van der Waals surface area contributed by atoms with Gasteiger partial charge in [-0.2, -0.15) is 0 Å². The van der Waals surface area contributed by atoms with Gasteiger partial charge in [-0.25, -0.2) is 14.4 Å². The Balaban J connectivity index is -0.000000109. The van der Waals surface area contributed by atoms with Gasteiger partial charge in [0.25, 0.3) is 0 Å². The maximum absolute atomic E-state index is 10.3. The average Bonchev–Trinajstić information content (AvgIpc) is 3.01. The minimum atomic E-state index is -2.97. The molecule has 0 fully saturated rings. The zero-order chi connectivity index (χ0) is 53.2. The molecule has 0 amide bonds. The van der Waals surface area contributed by atoms with E-state index < -0.39 is 182 Å². The second-order valence-corrected chi connectivity index (χ2v) is 12.3. The zero-order valence-electron chi connectivity index (χ0n) is 32.9. The van der Waals surface area contributed by atoms with Gasteiger partial charge in [0.2, 0.25) is 0 Å². The molecular formula is C30H34Ni3O35. The summed E-state index contributed by atoms with van der Waals surface area (Å²) in [6.07, 6.45) is -12.3. The van der Waals surface area contributed by atoms with Gasteiger partial charge in [-0.15, -0.1) is 0 Å². The largest absolute Gasteiger partial charge is 2.00 e. The standard InChI is InChI=1S/5C6H8O7.3Ni/c5*7-3(8)1-6(13,5(11)12)2-4(9)10;;;/h5*13H,1-2H2,(H,7,8)(H,9,10)(H,11,12);;;/q;;;;;3*+2/p-6. The Morgan fingerprint density at radius 1 is 0.250 bits per heavy atom. The summed E-state index contributed by atoms with van der Waals surface area (Å²) in [4.78, 5) is 151. The summed E-state index contributed by atoms with van der Waals surface area (Å²) in [5, 5.41) is 179. The van der Waals surface area contributed by atoms with Crippen LogP contribution >= 0.6 is 0 Å². The fraction of sp³-hybridized carbons (Fsp3) is 0.500. The van der Waals surface area contributed by atoms with Gasteiger partial charge in [0.05, 0.1) is 50.5 Å². The average molecular weight is 1130 g/mol. The monoisotopic (exact) mass is 1130 g/mol. The second kappa shape index (κ2) is 34.6. The molecule has 68 heavy (non-hydrogen) atoms. The van der Waals surface area contributed by atoms with Crippen LogP contribution in [0, 0.1) is 0 Å². The summed E-state index contributed by atoms with van der Waals surface area (Å²) in [6.45, 7) is 0. The van der Waals surface area contributed by atoms with Gasteiger partial charge in [0.1, 0.15) is 11.2 Å². The third kappa shape index (κ3) is 37.5. The molecule has 0 aliphatic rings. The summed E-state index contributed by atoms with van der Waals surface area (Å²) in [6, 6.07) is 0. The molecule has 0 bridgehead atoms. The number of aliphatic carboxylic acids is 15. The molecule has 0 rings (SSSR count). The first-order valence-electron chi connectivity index (χ1n) is 15.7. The van der Waals surface area contributed by atoms with Gasteiger partial charge in [0.15, 0.2) is 16.8 Å². The molecule has 0 aromatic heterocycles. The Labute approximate surface area is 404 Å². The number of aliphatic hydroxyl groups is 5. The van der Waals surface area contributed by atoms with Gasteiger partial charge < -0.3 is 131 Å². The first-order valence-corrected chi connectivity index (χ1v) is 15.7. The van der Waals surface area contributed by atoms with Crippen LogP contribution < -0.4 is 30.6 Å². The van der Waals surface area contributed by atoms with Crippen molar-refractivity contribution in [3.05, 3.63) is 0 Å². The van der Waals surface area contributed by atoms with Gasteiger partial charge >= 0.3 is 103 Å². The topological polar surface area (TPSA) is 678 Å². The second-order valence-electron chi connectivity index (χ2n) is 12.3. The van der Waals surface area contributed by atoms with E-state index in [0.717, 1.165) is 0 Å². The maximum Gasteiger partial charge on any atom is 2.00 e. The Morgan fingerprint density at radius 2 is 0.368 bits per heavy atom. The molecule has 0 heterocycles. The van der Waals surface area contributed by atoms with Crippen molar-refractivity contribution < 1.29 is 224 Å². The van der Waals surface area contributed by atoms with Crippen molar-refractivity contribution >= 4 is 89.5 Å². The molecule has 0 aliphatic carbocycles. The van der Waals surface area contributed by atoms with E-state index >= 15 is 0 Å². The van der Waals surface area contributed by atoms with E-state index in [1.54, 1.807) is 0 Å². The van der Waals surface area contributed by atoms with Crippen LogP contribution in [0.3, 0.4) is 0 Å². The minimum Gasteiger partial charge on any atom is -0.550 e. The van der Waals surface area contributed by atoms with E-state index in [0.29, 0.717) is 0 Å². The van der Waals surface area contributed by atoms with Crippen molar-refractivity contribution in [1.29, 1.82) is 0 Å². The maximum atomic E-state index is 10.3. The first kappa shape index (κ1) is 78.5. The van der Waals surface area contributed by atoms with Crippen LogP contribution in [0.15, 0.2) is 0 Å². The summed E-state index contributed by atoms with van der Waals surface area (Å²) < 4.78 is 0. The molecular weight excluding hydrogens is 1100 g/mol. The van der Waals surface area contributed by atoms with Gasteiger partial charge in [0, 0.05) is 49.6 Å². The minimum absolute atomic E-state index is 0. The van der Waals surface area contributed by atoms with E-state index in [2.05, 4.69) is 0 Å². The van der Waals surface area contributed by atoms with Crippen molar-refractivity contribution in [3.63, 3.8) is 0 Å². The van der Waals surface area contributed by atoms with Gasteiger partial charge in [-0.1, -0.05) is 0 Å². The number of carboxylic acids is 15. The van der Waals surface area contributed by atoms with Crippen LogP contribution in [0.5, 0.6) is 0 Å². The molecule has 35 nitrogen and oxygen atoms in total. The van der Waals surface area contributed by atoms with E-state index in [9.17, 15) is 103 Å². The molecule has 0 aromatic rings. The third-order valence-electron chi connectivity index (χ3n) is 6.36. The Bertz CT molecular complexity index is 1460. The quantitative estimate of drug-likeness (QED) is 0.0378. The van der Waals surface area contributed by atoms with Crippen LogP contribution in [0.25, 0.3) is 0 Å². The molecule has 0 aliphatic heterocycles. The van der Waals surface area contributed by atoms with E-state index in [4.69, 9.17) is 71.5 Å². The number of carbonyl (C=O) groups is 15. The van der Waals surface area contributed by atoms with Crippen LogP contribution in [0.2, 0.25) is 0 Å². The SMILES string of the molecule is O=C(O)CC(O)(CC(=O)O)C(=O)O.O=C(O)CC(O)(CC(=O)O)C(=O)O.O=C(O)CC(O)(CC(=O)O)C(=O)O.O=C([O-])CC(O)(CC(=O)[O-])C(=O)[O-].O=C([O-])CC(O)(CC(=O)[O-])C(=O)[O-].[Ni+2].[Ni+2].[Ni+2]. The van der Waals surface area contributed by atoms with E-state index in [1.165, 1.54) is 0 Å². The molecule has 0 radical (unpaired) electrons. The molecule has 0 saturated heterocycles. The molecule has 14 N–H and O–H groups in total. The molecule has 0 spiro atoms. The number of carbonyl (C=O) groups excluding carboxylic acids is 6. The fourth-order valence-electron chi connectivity index (χ4n) is 3.51. The number of rotatable bonds is 25. The summed E-state index contributed by atoms with van der Waals surface area (Å²) in [7, 11) is 0. The summed E-state index contributed by atoms with van der Waals surface area (Å²) in [5.41, 5.74) is -14.2. The zero-order valence-corrected chi connectivity index (χ0v) is 35.8. The van der Waals surface area contributed by atoms with Gasteiger partial charge in [-0.3, -0.25) is 28.8 Å². The molecule has 0 saturated carbocycles. The van der Waals surface area contributed by atoms with Crippen LogP contribution in [0.1, 0.15) is 64.2 Å². The predicted octanol–water partition coefficient (Wildman–Crippen LogP) is -14.3. The summed E-state index contributed by atoms with van der Waals surface area (Å²) in [5.74, 6) is -27.0. The fourth-order valence-corrected chi connectivity index (χ4v) is 3.51. The number of hydrogen-bond donors (Lipinski definition) is 14. The van der Waals surface area contributed by atoms with Crippen molar-refractivity contribution in [3.8, 4) is 0 Å². The third-order valence-corrected chi connectivity index (χ3v) is 6.36. The molecule has 0 unspecified atom stereocenters. The van der Waals surface area contributed by atoms with E-state index in [1.807, 2.05) is 0 Å². The molecule has 394 valence electrons. The van der Waals surface area contributed by atoms with Crippen molar-refractivity contribution in [2.45, 2.75) is 92.2 Å². The Kier molecular flexibility index (Phi) is 40.0. The Hall–Kier alpha value is -6.67. The van der Waals surface area contributed by atoms with Crippen molar-refractivity contribution in [1.82, 2.24) is 0 Å². The Morgan fingerprint density at radius 3 is 0.426 bits per heavy atom. The van der Waals surface area contributed by atoms with Crippen molar-refractivity contribution in [2.75, 3.05) is 0 Å². The number of hydrogen-bond acceptors (Lipinski definition) is 26. The predicted molar refractivity (Wildman–Crippen MR) is 170 cm³/mol. The molecule has 0 aromatic carbocycles. The van der Waals surface area contributed by atoms with Crippen molar-refractivity contribution in [2.24, 2.45) is 0 Å². The first-order chi connectivity index (χ1) is 28.9. The van der Waals surface area contributed by atoms with Crippen LogP contribution in [-0.2, 0) is 121 Å². The number of carboxylic acid groups (broad SMARTS) is 15. The summed E-state index contributed by atoms with van der Waals surface area (Å²) >= 11 is 0. The normalized spacial score (nSPS) is 10.4. The van der Waals surface area contributed by atoms with Gasteiger partial charge in [-0.05, 0) is 0 Å². The van der Waals surface area contributed by atoms with E-state index in [-0.39, 0.29) is 49.5 Å². The molecule has 0 atom stereocenters. The van der Waals surface area contributed by atoms with Crippen LogP contribution in [-0.4, -0.2) is 189 Å². The van der Waals surface area contributed by atoms with Crippen LogP contribution in [0.4, 0.5) is 0 Å².